The lowest BCUT2D eigenvalue weighted by Crippen LogP contribution is -2.15. The number of hydrogen-bond acceptors (Lipinski definition) is 7. The molecule has 0 atom stereocenters. The Kier molecular flexibility index (Phi) is 15.3. The molecule has 544 valence electrons. The highest BCUT2D eigenvalue weighted by atomic mass is 32.1. The molecule has 0 radical (unpaired) electrons. The van der Waals surface area contributed by atoms with E-state index in [0.717, 1.165) is 56.1 Å². The number of benzene rings is 16. The van der Waals surface area contributed by atoms with Crippen LogP contribution < -0.4 is 0 Å². The van der Waals surface area contributed by atoms with Gasteiger partial charge >= 0.3 is 0 Å². The van der Waals surface area contributed by atoms with E-state index in [0.29, 0.717) is 34.9 Å². The Labute approximate surface area is 671 Å². The third kappa shape index (κ3) is 10.6. The zero-order valence-corrected chi connectivity index (χ0v) is 64.0. The van der Waals surface area contributed by atoms with E-state index < -0.39 is 0 Å². The van der Waals surface area contributed by atoms with Crippen LogP contribution in [0.2, 0.25) is 0 Å². The molecule has 1 aliphatic carbocycles. The van der Waals surface area contributed by atoms with E-state index in [-0.39, 0.29) is 5.41 Å². The van der Waals surface area contributed by atoms with Crippen LogP contribution in [0.15, 0.2) is 376 Å². The SMILES string of the molecule is CC1(C)c2ccc(-c3nc(-c4ccccc4)nc(-c4ccccc4)n3)cc2-c2cc(-n3c4ccccc4c4c3ccc3c5ccccc5n(-c5ccccc5)c34)ccc21.c1ccc(-c2nc(-c3ccccc3)nc(-c3ccc4sc5ccc(-n6c7ccccc7c7c6ccc6c8ccccc8n(-c8ccccc8)c67)cc5c4c3)n2)cc1. The van der Waals surface area contributed by atoms with Crippen LogP contribution in [0.1, 0.15) is 25.0 Å². The van der Waals surface area contributed by atoms with E-state index in [1.807, 2.05) is 108 Å². The van der Waals surface area contributed by atoms with Gasteiger partial charge in [0.2, 0.25) is 0 Å². The van der Waals surface area contributed by atoms with Crippen LogP contribution in [0, 0.1) is 0 Å². The van der Waals surface area contributed by atoms with Crippen molar-refractivity contribution in [1.29, 1.82) is 0 Å². The first-order valence-corrected chi connectivity index (χ1v) is 40.1. The zero-order chi connectivity index (χ0) is 76.7. The summed E-state index contributed by atoms with van der Waals surface area (Å²) in [5.74, 6) is 3.94. The number of thiophene rings is 1. The lowest BCUT2D eigenvalue weighted by atomic mass is 9.82. The maximum Gasteiger partial charge on any atom is 0.164 e. The van der Waals surface area contributed by atoms with Gasteiger partial charge in [0.25, 0.3) is 0 Å². The summed E-state index contributed by atoms with van der Waals surface area (Å²) in [6, 6.07) is 134. The highest BCUT2D eigenvalue weighted by Crippen LogP contribution is 2.52. The van der Waals surface area contributed by atoms with Crippen molar-refractivity contribution in [1.82, 2.24) is 48.2 Å². The van der Waals surface area contributed by atoms with Crippen LogP contribution in [-0.4, -0.2) is 48.2 Å². The number of rotatable bonds is 10. The Bertz CT molecular complexity index is 7780. The Morgan fingerprint density at radius 1 is 0.216 bits per heavy atom. The van der Waals surface area contributed by atoms with Gasteiger partial charge in [0, 0.05) is 125 Å². The summed E-state index contributed by atoms with van der Waals surface area (Å²) in [7, 11) is 0. The first-order valence-electron chi connectivity index (χ1n) is 39.3. The summed E-state index contributed by atoms with van der Waals surface area (Å²) < 4.78 is 12.2. The fraction of sp³-hybridized carbons (Fsp3) is 0.0286. The molecule has 0 aliphatic heterocycles. The van der Waals surface area contributed by atoms with Gasteiger partial charge in [-0.05, 0) is 138 Å². The van der Waals surface area contributed by atoms with Gasteiger partial charge in [-0.15, -0.1) is 11.3 Å². The second-order valence-corrected chi connectivity index (χ2v) is 31.6. The Morgan fingerprint density at radius 2 is 0.534 bits per heavy atom. The Hall–Kier alpha value is -15.0. The molecule has 0 N–H and O–H groups in total. The van der Waals surface area contributed by atoms with Crippen molar-refractivity contribution in [2.75, 3.05) is 0 Å². The van der Waals surface area contributed by atoms with E-state index in [2.05, 4.69) is 311 Å². The van der Waals surface area contributed by atoms with E-state index in [4.69, 9.17) is 29.9 Å². The monoisotopic (exact) mass is 1500 g/mol. The third-order valence-corrected chi connectivity index (χ3v) is 24.7. The molecule has 0 fully saturated rings. The molecule has 16 aromatic carbocycles. The van der Waals surface area contributed by atoms with Crippen LogP contribution in [0.25, 0.3) is 210 Å². The van der Waals surface area contributed by atoms with E-state index in [1.165, 1.54) is 130 Å². The van der Waals surface area contributed by atoms with Crippen molar-refractivity contribution in [3.63, 3.8) is 0 Å². The maximum absolute atomic E-state index is 5.08. The molecule has 7 aromatic heterocycles. The van der Waals surface area contributed by atoms with Gasteiger partial charge in [0.1, 0.15) is 0 Å². The minimum atomic E-state index is -0.186. The Balaban J connectivity index is 0.000000137. The third-order valence-electron chi connectivity index (χ3n) is 23.5. The molecule has 0 amide bonds. The van der Waals surface area contributed by atoms with Crippen LogP contribution in [0.4, 0.5) is 0 Å². The molecular formula is C105H68N10S. The predicted octanol–water partition coefficient (Wildman–Crippen LogP) is 26.8. The number of hydrogen-bond donors (Lipinski definition) is 0. The lowest BCUT2D eigenvalue weighted by Gasteiger charge is -2.21. The van der Waals surface area contributed by atoms with Gasteiger partial charge in [-0.25, -0.2) is 29.9 Å². The molecular weight excluding hydrogens is 1430 g/mol. The van der Waals surface area contributed by atoms with Crippen molar-refractivity contribution >= 4 is 119 Å². The van der Waals surface area contributed by atoms with Crippen molar-refractivity contribution < 1.29 is 0 Å². The van der Waals surface area contributed by atoms with Crippen molar-refractivity contribution in [2.24, 2.45) is 0 Å². The predicted molar refractivity (Wildman–Crippen MR) is 480 cm³/mol. The fourth-order valence-electron chi connectivity index (χ4n) is 18.2. The summed E-state index contributed by atoms with van der Waals surface area (Å²) in [6.07, 6.45) is 0. The molecule has 0 bridgehead atoms. The largest absolute Gasteiger partial charge is 0.309 e. The molecule has 10 nitrogen and oxygen atoms in total. The average Bonchev–Trinajstić information content (AvgIpc) is 1.55. The summed E-state index contributed by atoms with van der Waals surface area (Å²) in [5.41, 5.74) is 24.7. The second kappa shape index (κ2) is 26.6. The molecule has 7 heterocycles. The van der Waals surface area contributed by atoms with Gasteiger partial charge in [-0.2, -0.15) is 0 Å². The van der Waals surface area contributed by atoms with Gasteiger partial charge in [0.15, 0.2) is 34.9 Å². The molecule has 0 saturated carbocycles. The van der Waals surface area contributed by atoms with Gasteiger partial charge < -0.3 is 18.3 Å². The van der Waals surface area contributed by atoms with Gasteiger partial charge in [0.05, 0.1) is 44.1 Å². The first-order chi connectivity index (χ1) is 57.3. The summed E-state index contributed by atoms with van der Waals surface area (Å²) >= 11 is 1.82. The van der Waals surface area contributed by atoms with Crippen LogP contribution >= 0.6 is 11.3 Å². The molecule has 0 unspecified atom stereocenters. The van der Waals surface area contributed by atoms with Crippen LogP contribution in [-0.2, 0) is 5.41 Å². The molecule has 23 aromatic rings. The molecule has 11 heteroatoms. The normalized spacial score (nSPS) is 12.5. The fourth-order valence-corrected chi connectivity index (χ4v) is 19.3. The average molecular weight is 1500 g/mol. The standard InChI is InChI=1S/C54H37N5.C51H31N5S/c1-54(2)44-29-26-36(53-56-51(34-16-6-3-7-17-34)55-52(57-53)35-18-8-4-9-19-35)32-42(44)43-33-38(27-30-45(43)54)58-47-25-15-13-23-41(47)49-48(58)31-28-40-39-22-12-14-24-46(39)59(50(40)49)37-20-10-5-11-21-37;1-4-14-32(15-5-1)49-52-50(33-16-6-2-7-17-33)54-51(53-49)34-24-28-45-40(30-34)41-31-36(25-29-46(41)57-45)55-43-23-13-11-21-39(43)47-44(55)27-26-38-37-20-10-12-22-42(37)56(48(38)47)35-18-8-3-9-19-35/h3-33H,1-2H3;1-31H. The minimum absolute atomic E-state index is 0.186. The quantitative estimate of drug-likeness (QED) is 0.135. The maximum atomic E-state index is 5.08. The minimum Gasteiger partial charge on any atom is -0.309 e. The topological polar surface area (TPSA) is 97.1 Å². The van der Waals surface area contributed by atoms with E-state index >= 15 is 0 Å². The Morgan fingerprint density at radius 3 is 0.974 bits per heavy atom. The number of fused-ring (bicyclic) bond motifs is 20. The highest BCUT2D eigenvalue weighted by Gasteiger charge is 2.37. The van der Waals surface area contributed by atoms with Crippen LogP contribution in [0.3, 0.4) is 0 Å². The van der Waals surface area contributed by atoms with E-state index in [9.17, 15) is 0 Å². The highest BCUT2D eigenvalue weighted by molar-refractivity contribution is 7.25. The molecule has 1 aliphatic rings. The molecule has 0 spiro atoms. The lowest BCUT2D eigenvalue weighted by molar-refractivity contribution is 0.660. The van der Waals surface area contributed by atoms with Crippen molar-refractivity contribution in [3.05, 3.63) is 387 Å². The summed E-state index contributed by atoms with van der Waals surface area (Å²) in [5, 5.41) is 12.4. The second-order valence-electron chi connectivity index (χ2n) is 30.5. The number of para-hydroxylation sites is 6. The van der Waals surface area contributed by atoms with Gasteiger partial charge in [-0.1, -0.05) is 275 Å². The molecule has 116 heavy (non-hydrogen) atoms. The molecule has 24 rings (SSSR count). The van der Waals surface area contributed by atoms with Gasteiger partial charge in [-0.3, -0.25) is 0 Å². The number of aromatic nitrogens is 10. The van der Waals surface area contributed by atoms with Crippen molar-refractivity contribution in [2.45, 2.75) is 19.3 Å². The van der Waals surface area contributed by atoms with Crippen LogP contribution in [0.5, 0.6) is 0 Å². The molecule has 0 saturated heterocycles. The summed E-state index contributed by atoms with van der Waals surface area (Å²) in [6.45, 7) is 4.67. The van der Waals surface area contributed by atoms with Crippen molar-refractivity contribution in [3.8, 4) is 102 Å². The smallest absolute Gasteiger partial charge is 0.164 e. The zero-order valence-electron chi connectivity index (χ0n) is 63.2. The summed E-state index contributed by atoms with van der Waals surface area (Å²) in [4.78, 5) is 30.1. The first kappa shape index (κ1) is 66.7. The number of nitrogens with zero attached hydrogens (tertiary/aromatic N) is 10. The van der Waals surface area contributed by atoms with E-state index in [1.54, 1.807) is 0 Å².